The molecule has 0 spiro atoms. The molecule has 2 heterocycles. The van der Waals surface area contributed by atoms with Gasteiger partial charge in [-0.15, -0.1) is 0 Å². The minimum atomic E-state index is -0.395. The van der Waals surface area contributed by atoms with E-state index in [4.69, 9.17) is 5.73 Å². The van der Waals surface area contributed by atoms with Gasteiger partial charge in [-0.2, -0.15) is 4.98 Å². The predicted molar refractivity (Wildman–Crippen MR) is 89.3 cm³/mol. The summed E-state index contributed by atoms with van der Waals surface area (Å²) in [7, 11) is 0. The van der Waals surface area contributed by atoms with Crippen LogP contribution in [0.1, 0.15) is 39.5 Å². The Hall–Kier alpha value is -2.24. The highest BCUT2D eigenvalue weighted by molar-refractivity contribution is 5.75. The van der Waals surface area contributed by atoms with E-state index in [1.165, 1.54) is 6.20 Å². The molecule has 0 aliphatic heterocycles. The molecular formula is C17H22FN5. The van der Waals surface area contributed by atoms with Crippen LogP contribution in [0, 0.1) is 11.2 Å². The summed E-state index contributed by atoms with van der Waals surface area (Å²) in [4.78, 5) is 12.1. The van der Waals surface area contributed by atoms with E-state index in [0.717, 1.165) is 25.7 Å². The molecular weight excluding hydrogens is 293 g/mol. The van der Waals surface area contributed by atoms with Gasteiger partial charge in [0.25, 0.3) is 0 Å². The van der Waals surface area contributed by atoms with Gasteiger partial charge in [-0.3, -0.25) is 4.98 Å². The molecule has 6 heteroatoms. The normalized spacial score (nSPS) is 17.9. The summed E-state index contributed by atoms with van der Waals surface area (Å²) in [6.07, 6.45) is 8.76. The number of hydrogen-bond donors (Lipinski definition) is 2. The minimum Gasteiger partial charge on any atom is -0.368 e. The Morgan fingerprint density at radius 1 is 1.22 bits per heavy atom. The maximum Gasteiger partial charge on any atom is 0.221 e. The fraction of sp³-hybridized carbons (Fsp3) is 0.471. The third-order valence-electron chi connectivity index (χ3n) is 4.55. The first-order valence-corrected chi connectivity index (χ1v) is 7.93. The van der Waals surface area contributed by atoms with Crippen LogP contribution < -0.4 is 11.1 Å². The lowest BCUT2D eigenvalue weighted by Gasteiger charge is -2.35. The first-order valence-electron chi connectivity index (χ1n) is 7.93. The summed E-state index contributed by atoms with van der Waals surface area (Å²) >= 11 is 0. The number of pyridine rings is 1. The lowest BCUT2D eigenvalue weighted by molar-refractivity contribution is 0.232. The van der Waals surface area contributed by atoms with E-state index >= 15 is 0 Å². The van der Waals surface area contributed by atoms with Crippen LogP contribution >= 0.6 is 0 Å². The van der Waals surface area contributed by atoms with Crippen LogP contribution in [-0.4, -0.2) is 21.0 Å². The third-order valence-corrected chi connectivity index (χ3v) is 4.55. The Labute approximate surface area is 135 Å². The SMILES string of the molecule is CC1(C)CCC(Nc2nc(N)ncc2-c2ccncc2F)CC1. The molecule has 1 fully saturated rings. The smallest absolute Gasteiger partial charge is 0.221 e. The molecule has 1 saturated carbocycles. The van der Waals surface area contributed by atoms with Crippen LogP contribution in [0.3, 0.4) is 0 Å². The van der Waals surface area contributed by atoms with Gasteiger partial charge in [0, 0.05) is 29.6 Å². The molecule has 3 rings (SSSR count). The van der Waals surface area contributed by atoms with Gasteiger partial charge in [-0.05, 0) is 37.2 Å². The standard InChI is InChI=1S/C17H22FN5/c1-17(2)6-3-11(4-7-17)22-15-13(9-21-16(19)23-15)12-5-8-20-10-14(12)18/h5,8-11H,3-4,6-7H2,1-2H3,(H3,19,21,22,23). The van der Waals surface area contributed by atoms with Crippen LogP contribution in [0.5, 0.6) is 0 Å². The number of halogens is 1. The lowest BCUT2D eigenvalue weighted by atomic mass is 9.75. The number of hydrogen-bond acceptors (Lipinski definition) is 5. The molecule has 0 atom stereocenters. The van der Waals surface area contributed by atoms with Crippen molar-refractivity contribution in [2.75, 3.05) is 11.1 Å². The lowest BCUT2D eigenvalue weighted by Crippen LogP contribution is -2.30. The Bertz CT molecular complexity index is 691. The van der Waals surface area contributed by atoms with Gasteiger partial charge < -0.3 is 11.1 Å². The monoisotopic (exact) mass is 315 g/mol. The zero-order chi connectivity index (χ0) is 16.4. The molecule has 2 aromatic rings. The first-order chi connectivity index (χ1) is 10.9. The number of anilines is 2. The highest BCUT2D eigenvalue weighted by atomic mass is 19.1. The molecule has 2 aromatic heterocycles. The summed E-state index contributed by atoms with van der Waals surface area (Å²) in [6.45, 7) is 4.59. The van der Waals surface area contributed by atoms with E-state index in [0.29, 0.717) is 28.4 Å². The largest absolute Gasteiger partial charge is 0.368 e. The second kappa shape index (κ2) is 6.10. The van der Waals surface area contributed by atoms with Crippen molar-refractivity contribution >= 4 is 11.8 Å². The predicted octanol–water partition coefficient (Wildman–Crippen LogP) is 3.64. The fourth-order valence-electron chi connectivity index (χ4n) is 3.03. The molecule has 23 heavy (non-hydrogen) atoms. The van der Waals surface area contributed by atoms with Crippen LogP contribution in [-0.2, 0) is 0 Å². The summed E-state index contributed by atoms with van der Waals surface area (Å²) in [5.41, 5.74) is 7.16. The van der Waals surface area contributed by atoms with E-state index in [-0.39, 0.29) is 5.95 Å². The van der Waals surface area contributed by atoms with Crippen molar-refractivity contribution in [3.63, 3.8) is 0 Å². The molecule has 0 amide bonds. The third kappa shape index (κ3) is 3.57. The van der Waals surface area contributed by atoms with Crippen LogP contribution in [0.25, 0.3) is 11.1 Å². The zero-order valence-corrected chi connectivity index (χ0v) is 13.5. The number of nitrogens with two attached hydrogens (primary N) is 1. The van der Waals surface area contributed by atoms with Crippen molar-refractivity contribution < 1.29 is 4.39 Å². The molecule has 1 aliphatic carbocycles. The highest BCUT2D eigenvalue weighted by Crippen LogP contribution is 2.37. The molecule has 0 unspecified atom stereocenters. The molecule has 5 nitrogen and oxygen atoms in total. The van der Waals surface area contributed by atoms with E-state index < -0.39 is 5.82 Å². The Morgan fingerprint density at radius 3 is 2.65 bits per heavy atom. The summed E-state index contributed by atoms with van der Waals surface area (Å²) in [5, 5.41) is 3.44. The summed E-state index contributed by atoms with van der Waals surface area (Å²) in [6, 6.07) is 1.94. The number of aromatic nitrogens is 3. The second-order valence-electron chi connectivity index (χ2n) is 6.93. The Kier molecular flexibility index (Phi) is 4.15. The van der Waals surface area contributed by atoms with Crippen molar-refractivity contribution in [1.29, 1.82) is 0 Å². The molecule has 1 aliphatic rings. The van der Waals surface area contributed by atoms with Crippen molar-refractivity contribution in [2.45, 2.75) is 45.6 Å². The maximum atomic E-state index is 14.1. The summed E-state index contributed by atoms with van der Waals surface area (Å²) in [5.74, 6) is 0.378. The van der Waals surface area contributed by atoms with Gasteiger partial charge in [0.05, 0.1) is 6.20 Å². The number of nitrogens with one attached hydrogen (secondary N) is 1. The van der Waals surface area contributed by atoms with Crippen LogP contribution in [0.15, 0.2) is 24.7 Å². The van der Waals surface area contributed by atoms with Crippen molar-refractivity contribution in [1.82, 2.24) is 15.0 Å². The average Bonchev–Trinajstić information content (AvgIpc) is 2.51. The second-order valence-corrected chi connectivity index (χ2v) is 6.93. The van der Waals surface area contributed by atoms with Crippen LogP contribution in [0.2, 0.25) is 0 Å². The van der Waals surface area contributed by atoms with E-state index in [1.807, 2.05) is 0 Å². The number of nitrogens with zero attached hydrogens (tertiary/aromatic N) is 3. The van der Waals surface area contributed by atoms with Gasteiger partial charge in [0.2, 0.25) is 5.95 Å². The summed E-state index contributed by atoms with van der Waals surface area (Å²) < 4.78 is 14.1. The van der Waals surface area contributed by atoms with Crippen molar-refractivity contribution in [3.8, 4) is 11.1 Å². The number of nitrogen functional groups attached to an aromatic ring is 1. The highest BCUT2D eigenvalue weighted by Gasteiger charge is 2.27. The van der Waals surface area contributed by atoms with Crippen molar-refractivity contribution in [3.05, 3.63) is 30.5 Å². The van der Waals surface area contributed by atoms with Gasteiger partial charge in [0.15, 0.2) is 0 Å². The van der Waals surface area contributed by atoms with E-state index in [9.17, 15) is 4.39 Å². The molecule has 0 radical (unpaired) electrons. The molecule has 0 bridgehead atoms. The molecule has 0 saturated heterocycles. The fourth-order valence-corrected chi connectivity index (χ4v) is 3.03. The topological polar surface area (TPSA) is 76.7 Å². The van der Waals surface area contributed by atoms with E-state index in [2.05, 4.69) is 34.1 Å². The van der Waals surface area contributed by atoms with Gasteiger partial charge >= 0.3 is 0 Å². The first kappa shape index (κ1) is 15.6. The van der Waals surface area contributed by atoms with Gasteiger partial charge in [-0.1, -0.05) is 13.8 Å². The Balaban J connectivity index is 1.87. The molecule has 122 valence electrons. The quantitative estimate of drug-likeness (QED) is 0.904. The van der Waals surface area contributed by atoms with E-state index in [1.54, 1.807) is 18.5 Å². The molecule has 3 N–H and O–H groups in total. The van der Waals surface area contributed by atoms with Crippen molar-refractivity contribution in [2.24, 2.45) is 5.41 Å². The Morgan fingerprint density at radius 2 is 1.96 bits per heavy atom. The minimum absolute atomic E-state index is 0.182. The number of rotatable bonds is 3. The zero-order valence-electron chi connectivity index (χ0n) is 13.5. The average molecular weight is 315 g/mol. The van der Waals surface area contributed by atoms with Gasteiger partial charge in [0.1, 0.15) is 11.6 Å². The maximum absolute atomic E-state index is 14.1. The van der Waals surface area contributed by atoms with Gasteiger partial charge in [-0.25, -0.2) is 9.37 Å². The molecule has 0 aromatic carbocycles. The van der Waals surface area contributed by atoms with Crippen LogP contribution in [0.4, 0.5) is 16.2 Å².